The van der Waals surface area contributed by atoms with Crippen molar-refractivity contribution in [2.75, 3.05) is 57.3 Å². The van der Waals surface area contributed by atoms with Crippen LogP contribution in [-0.4, -0.2) is 77.5 Å². The summed E-state index contributed by atoms with van der Waals surface area (Å²) in [6.45, 7) is 6.82. The monoisotopic (exact) mass is 477 g/mol. The molecule has 9 nitrogen and oxygen atoms in total. The van der Waals surface area contributed by atoms with Crippen LogP contribution < -0.4 is 21.0 Å². The van der Waals surface area contributed by atoms with Crippen LogP contribution in [0.4, 0.5) is 5.95 Å². The van der Waals surface area contributed by atoms with Crippen LogP contribution in [0.5, 0.6) is 0 Å². The minimum absolute atomic E-state index is 0.175. The Bertz CT molecular complexity index is 1430. The number of amides is 1. The molecular weight excluding hydrogens is 450 g/mol. The summed E-state index contributed by atoms with van der Waals surface area (Å²) in [4.78, 5) is 41.3. The van der Waals surface area contributed by atoms with Crippen molar-refractivity contribution in [3.05, 3.63) is 46.2 Å². The molecule has 0 spiro atoms. The molecule has 1 aromatic carbocycles. The van der Waals surface area contributed by atoms with Crippen molar-refractivity contribution in [1.29, 1.82) is 0 Å². The second-order valence-electron chi connectivity index (χ2n) is 8.86. The lowest BCUT2D eigenvalue weighted by Crippen LogP contribution is -2.44. The van der Waals surface area contributed by atoms with Gasteiger partial charge in [0, 0.05) is 45.5 Å². The van der Waals surface area contributed by atoms with E-state index in [1.807, 2.05) is 28.7 Å². The van der Waals surface area contributed by atoms with Crippen LogP contribution in [0.15, 0.2) is 35.3 Å². The first kappa shape index (κ1) is 21.5. The average Bonchev–Trinajstić information content (AvgIpc) is 3.52. The molecule has 2 saturated heterocycles. The molecule has 0 unspecified atom stereocenters. The van der Waals surface area contributed by atoms with Crippen LogP contribution in [0.1, 0.15) is 23.2 Å². The fourth-order valence-electron chi connectivity index (χ4n) is 4.93. The van der Waals surface area contributed by atoms with E-state index < -0.39 is 0 Å². The molecule has 2 fully saturated rings. The van der Waals surface area contributed by atoms with E-state index in [0.717, 1.165) is 56.0 Å². The van der Waals surface area contributed by atoms with Crippen molar-refractivity contribution in [2.45, 2.75) is 12.8 Å². The lowest BCUT2D eigenvalue weighted by atomic mass is 10.2. The zero-order valence-corrected chi connectivity index (χ0v) is 19.7. The Morgan fingerprint density at radius 1 is 1.12 bits per heavy atom. The quantitative estimate of drug-likeness (QED) is 0.452. The van der Waals surface area contributed by atoms with Gasteiger partial charge in [-0.05, 0) is 38.1 Å². The van der Waals surface area contributed by atoms with E-state index in [1.54, 1.807) is 6.20 Å². The van der Waals surface area contributed by atoms with E-state index in [9.17, 15) is 9.59 Å². The maximum Gasteiger partial charge on any atom is 0.258 e. The molecule has 6 rings (SSSR count). The first-order valence-corrected chi connectivity index (χ1v) is 12.7. The largest absolute Gasteiger partial charge is 0.351 e. The molecule has 2 aliphatic heterocycles. The van der Waals surface area contributed by atoms with Gasteiger partial charge in [-0.1, -0.05) is 12.1 Å². The first-order valence-electron chi connectivity index (χ1n) is 11.9. The highest BCUT2D eigenvalue weighted by molar-refractivity contribution is 7.24. The molecule has 0 bridgehead atoms. The highest BCUT2D eigenvalue weighted by Gasteiger charge is 2.24. The number of para-hydroxylation sites is 1. The lowest BCUT2D eigenvalue weighted by molar-refractivity contribution is 0.0950. The van der Waals surface area contributed by atoms with Crippen molar-refractivity contribution in [1.82, 2.24) is 29.9 Å². The first-order chi connectivity index (χ1) is 16.7. The van der Waals surface area contributed by atoms with Crippen LogP contribution >= 0.6 is 11.3 Å². The predicted molar refractivity (Wildman–Crippen MR) is 135 cm³/mol. The zero-order valence-electron chi connectivity index (χ0n) is 18.9. The van der Waals surface area contributed by atoms with Gasteiger partial charge >= 0.3 is 0 Å². The summed E-state index contributed by atoms with van der Waals surface area (Å²) in [5.41, 5.74) is 1.35. The number of carbonyl (C=O) groups excluding carboxylic acids is 1. The predicted octanol–water partition coefficient (Wildman–Crippen LogP) is 1.69. The number of nitrogens with one attached hydrogen (secondary N) is 2. The summed E-state index contributed by atoms with van der Waals surface area (Å²) in [5, 5.41) is 6.69. The summed E-state index contributed by atoms with van der Waals surface area (Å²) >= 11 is 1.45. The van der Waals surface area contributed by atoms with E-state index in [1.165, 1.54) is 24.2 Å². The Morgan fingerprint density at radius 2 is 1.91 bits per heavy atom. The maximum atomic E-state index is 13.6. The van der Waals surface area contributed by atoms with E-state index >= 15 is 0 Å². The number of likely N-dealkylation sites (tertiary alicyclic amines) is 1. The fraction of sp³-hybridized carbons (Fsp3) is 0.417. The lowest BCUT2D eigenvalue weighted by Gasteiger charge is -2.27. The molecule has 1 amide bonds. The molecule has 4 aromatic rings. The highest BCUT2D eigenvalue weighted by atomic mass is 32.1. The summed E-state index contributed by atoms with van der Waals surface area (Å²) in [6, 6.07) is 7.95. The second-order valence-corrected chi connectivity index (χ2v) is 9.89. The minimum atomic E-state index is -0.332. The Hall–Kier alpha value is -3.08. The molecule has 2 N–H and O–H groups in total. The number of hydrogen-bond acceptors (Lipinski definition) is 8. The second kappa shape index (κ2) is 8.94. The standard InChI is InChI=1S/C24H27N7O2S/c32-20-16-15-27-24(30-13-7-25-8-14-30)28-21(16)31-17-5-1-2-6-18(17)34-23(31)19(20)22(33)26-9-12-29-10-3-4-11-29/h1-2,5-6,15,25H,3-4,7-14H2,(H,26,33). The maximum absolute atomic E-state index is 13.6. The third-order valence-electron chi connectivity index (χ3n) is 6.71. The van der Waals surface area contributed by atoms with Crippen molar-refractivity contribution >= 4 is 49.3 Å². The third-order valence-corrected chi connectivity index (χ3v) is 7.85. The van der Waals surface area contributed by atoms with Gasteiger partial charge in [0.2, 0.25) is 11.4 Å². The highest BCUT2D eigenvalue weighted by Crippen LogP contribution is 2.31. The molecule has 0 saturated carbocycles. The molecule has 2 aliphatic rings. The van der Waals surface area contributed by atoms with Crippen LogP contribution in [-0.2, 0) is 0 Å². The summed E-state index contributed by atoms with van der Waals surface area (Å²) in [5.74, 6) is 0.279. The molecule has 0 radical (unpaired) electrons. The topological polar surface area (TPSA) is 94.9 Å². The number of aromatic nitrogens is 3. The van der Waals surface area contributed by atoms with Gasteiger partial charge in [-0.3, -0.25) is 14.0 Å². The van der Waals surface area contributed by atoms with Crippen molar-refractivity contribution in [3.63, 3.8) is 0 Å². The number of nitrogens with zero attached hydrogens (tertiary/aromatic N) is 5. The summed E-state index contributed by atoms with van der Waals surface area (Å²) in [7, 11) is 0. The number of thiazole rings is 1. The van der Waals surface area contributed by atoms with E-state index in [2.05, 4.69) is 25.4 Å². The number of piperazine rings is 1. The Balaban J connectivity index is 1.47. The number of anilines is 1. The van der Waals surface area contributed by atoms with E-state index in [0.29, 0.717) is 28.4 Å². The van der Waals surface area contributed by atoms with Gasteiger partial charge < -0.3 is 20.4 Å². The van der Waals surface area contributed by atoms with Gasteiger partial charge in [0.15, 0.2) is 5.65 Å². The normalized spacial score (nSPS) is 17.2. The number of benzene rings is 1. The van der Waals surface area contributed by atoms with Crippen LogP contribution in [0, 0.1) is 0 Å². The number of pyridine rings is 1. The molecular formula is C24H27N7O2S. The molecule has 0 aliphatic carbocycles. The fourth-order valence-corrected chi connectivity index (χ4v) is 6.11. The Morgan fingerprint density at radius 3 is 2.74 bits per heavy atom. The summed E-state index contributed by atoms with van der Waals surface area (Å²) < 4.78 is 2.96. The van der Waals surface area contributed by atoms with Crippen LogP contribution in [0.2, 0.25) is 0 Å². The van der Waals surface area contributed by atoms with Gasteiger partial charge in [0.1, 0.15) is 10.4 Å². The van der Waals surface area contributed by atoms with Crippen molar-refractivity contribution in [3.8, 4) is 0 Å². The molecule has 0 atom stereocenters. The molecule has 176 valence electrons. The van der Waals surface area contributed by atoms with Crippen LogP contribution in [0.25, 0.3) is 26.1 Å². The zero-order chi connectivity index (χ0) is 23.1. The molecule has 10 heteroatoms. The average molecular weight is 478 g/mol. The van der Waals surface area contributed by atoms with Crippen molar-refractivity contribution in [2.24, 2.45) is 0 Å². The number of rotatable bonds is 5. The van der Waals surface area contributed by atoms with Gasteiger partial charge in [-0.2, -0.15) is 4.98 Å². The van der Waals surface area contributed by atoms with Crippen molar-refractivity contribution < 1.29 is 4.79 Å². The smallest absolute Gasteiger partial charge is 0.258 e. The minimum Gasteiger partial charge on any atom is -0.351 e. The van der Waals surface area contributed by atoms with Gasteiger partial charge in [-0.25, -0.2) is 4.98 Å². The molecule has 5 heterocycles. The molecule has 3 aromatic heterocycles. The third kappa shape index (κ3) is 3.71. The Labute approximate surface area is 200 Å². The van der Waals surface area contributed by atoms with Gasteiger partial charge in [0.25, 0.3) is 5.91 Å². The van der Waals surface area contributed by atoms with Crippen LogP contribution in [0.3, 0.4) is 0 Å². The van der Waals surface area contributed by atoms with E-state index in [-0.39, 0.29) is 16.9 Å². The number of fused-ring (bicyclic) bond motifs is 5. The van der Waals surface area contributed by atoms with E-state index in [4.69, 9.17) is 4.98 Å². The SMILES string of the molecule is O=C(NCCN1CCCC1)c1c(=O)c2cnc(N3CCNCC3)nc2n2c1sc1ccccc12. The Kier molecular flexibility index (Phi) is 5.64. The number of carbonyl (C=O) groups is 1. The van der Waals surface area contributed by atoms with Gasteiger partial charge in [0.05, 0.1) is 15.6 Å². The number of hydrogen-bond donors (Lipinski definition) is 2. The molecule has 34 heavy (non-hydrogen) atoms. The van der Waals surface area contributed by atoms with Gasteiger partial charge in [-0.15, -0.1) is 11.3 Å². The summed E-state index contributed by atoms with van der Waals surface area (Å²) in [6.07, 6.45) is 4.00.